The second-order valence-corrected chi connectivity index (χ2v) is 2.52. The molecule has 0 aromatic heterocycles. The van der Waals surface area contributed by atoms with Crippen LogP contribution < -0.4 is 0 Å². The number of ether oxygens (including phenoxy) is 1. The zero-order chi connectivity index (χ0) is 5.91. The van der Waals surface area contributed by atoms with Crippen molar-refractivity contribution in [2.75, 3.05) is 0 Å². The maximum Gasteiger partial charge on any atom is 0.147 e. The zero-order valence-electron chi connectivity index (χ0n) is 4.89. The molecule has 1 nitrogen and oxygen atoms in total. The summed E-state index contributed by atoms with van der Waals surface area (Å²) in [6.45, 7) is 5.86. The van der Waals surface area contributed by atoms with Crippen molar-refractivity contribution in [3.05, 3.63) is 0 Å². The van der Waals surface area contributed by atoms with Gasteiger partial charge in [-0.1, -0.05) is 0 Å². The third kappa shape index (κ3) is 5.89. The molecule has 0 fully saturated rings. The van der Waals surface area contributed by atoms with E-state index >= 15 is 0 Å². The average molecular weight is 118 g/mol. The molecule has 0 N–H and O–H groups in total. The van der Waals surface area contributed by atoms with E-state index in [1.807, 2.05) is 20.8 Å². The van der Waals surface area contributed by atoms with E-state index in [-0.39, 0.29) is 5.60 Å². The zero-order valence-corrected chi connectivity index (χ0v) is 5.71. The summed E-state index contributed by atoms with van der Waals surface area (Å²) >= 11 is 4.45. The van der Waals surface area contributed by atoms with E-state index in [2.05, 4.69) is 12.2 Å². The highest BCUT2D eigenvalue weighted by molar-refractivity contribution is 7.78. The van der Waals surface area contributed by atoms with E-state index < -0.39 is 0 Å². The molecule has 0 unspecified atom stereocenters. The van der Waals surface area contributed by atoms with Crippen LogP contribution in [0.25, 0.3) is 0 Å². The van der Waals surface area contributed by atoms with Gasteiger partial charge in [-0.05, 0) is 33.0 Å². The topological polar surface area (TPSA) is 9.23 Å². The van der Waals surface area contributed by atoms with Crippen molar-refractivity contribution in [2.45, 2.75) is 26.4 Å². The molecule has 7 heavy (non-hydrogen) atoms. The summed E-state index contributed by atoms with van der Waals surface area (Å²) in [5.41, 5.74) is 1.18. The largest absolute Gasteiger partial charge is 0.484 e. The summed E-state index contributed by atoms with van der Waals surface area (Å²) in [5, 5.41) is 0. The lowest BCUT2D eigenvalue weighted by Gasteiger charge is -2.15. The summed E-state index contributed by atoms with van der Waals surface area (Å²) in [5.74, 6) is 0. The minimum Gasteiger partial charge on any atom is -0.484 e. The molecule has 0 aromatic rings. The van der Waals surface area contributed by atoms with E-state index in [4.69, 9.17) is 4.74 Å². The molecule has 0 heterocycles. The van der Waals surface area contributed by atoms with E-state index in [9.17, 15) is 0 Å². The van der Waals surface area contributed by atoms with Crippen molar-refractivity contribution >= 4 is 17.8 Å². The van der Waals surface area contributed by atoms with Gasteiger partial charge in [0, 0.05) is 0 Å². The van der Waals surface area contributed by atoms with E-state index in [1.165, 1.54) is 5.55 Å². The molecular formula is C5H10OS. The number of hydrogen-bond acceptors (Lipinski definition) is 2. The van der Waals surface area contributed by atoms with Gasteiger partial charge in [0.2, 0.25) is 0 Å². The van der Waals surface area contributed by atoms with E-state index in [1.54, 1.807) is 0 Å². The smallest absolute Gasteiger partial charge is 0.147 e. The Morgan fingerprint density at radius 2 is 1.86 bits per heavy atom. The second-order valence-electron chi connectivity index (χ2n) is 2.33. The SMILES string of the molecule is CC(C)(C)OC=S. The molecule has 0 aliphatic heterocycles. The van der Waals surface area contributed by atoms with Gasteiger partial charge in [-0.2, -0.15) is 0 Å². The van der Waals surface area contributed by atoms with E-state index in [0.29, 0.717) is 0 Å². The Kier molecular flexibility index (Phi) is 2.23. The van der Waals surface area contributed by atoms with Gasteiger partial charge in [-0.15, -0.1) is 0 Å². The van der Waals surface area contributed by atoms with Crippen LogP contribution >= 0.6 is 12.2 Å². The lowest BCUT2D eigenvalue weighted by molar-refractivity contribution is 0.131. The van der Waals surface area contributed by atoms with Crippen molar-refractivity contribution < 1.29 is 4.74 Å². The number of rotatable bonds is 1. The highest BCUT2D eigenvalue weighted by Crippen LogP contribution is 2.03. The Hall–Kier alpha value is -0.110. The minimum absolute atomic E-state index is 0.109. The quantitative estimate of drug-likeness (QED) is 0.485. The van der Waals surface area contributed by atoms with Crippen LogP contribution in [0.2, 0.25) is 0 Å². The van der Waals surface area contributed by atoms with Crippen LogP contribution in [0, 0.1) is 0 Å². The molecule has 0 rings (SSSR count). The molecule has 0 saturated heterocycles. The van der Waals surface area contributed by atoms with Gasteiger partial charge < -0.3 is 4.74 Å². The molecule has 0 amide bonds. The fraction of sp³-hybridized carbons (Fsp3) is 0.800. The Labute approximate surface area is 49.7 Å². The lowest BCUT2D eigenvalue weighted by Crippen LogP contribution is -2.16. The molecule has 0 aromatic carbocycles. The van der Waals surface area contributed by atoms with Crippen LogP contribution in [0.4, 0.5) is 0 Å². The third-order valence-corrected chi connectivity index (χ3v) is 0.498. The molecule has 42 valence electrons. The monoisotopic (exact) mass is 118 g/mol. The highest BCUT2D eigenvalue weighted by Gasteiger charge is 2.06. The minimum atomic E-state index is -0.109. The standard InChI is InChI=1S/C5H10OS/c1-5(2,3)6-4-7/h4H,1-3H3. The van der Waals surface area contributed by atoms with Gasteiger partial charge in [0.25, 0.3) is 0 Å². The van der Waals surface area contributed by atoms with Crippen molar-refractivity contribution in [3.8, 4) is 0 Å². The molecular weight excluding hydrogens is 108 g/mol. The average Bonchev–Trinajstić information content (AvgIpc) is 1.30. The number of hydrogen-bond donors (Lipinski definition) is 0. The van der Waals surface area contributed by atoms with Crippen LogP contribution in [0.5, 0.6) is 0 Å². The molecule has 0 spiro atoms. The third-order valence-electron chi connectivity index (χ3n) is 0.402. The van der Waals surface area contributed by atoms with Gasteiger partial charge in [-0.3, -0.25) is 0 Å². The molecule has 0 aliphatic carbocycles. The Bertz CT molecular complexity index is 63.0. The summed E-state index contributed by atoms with van der Waals surface area (Å²) in [6, 6.07) is 0. The van der Waals surface area contributed by atoms with Crippen LogP contribution in [0.3, 0.4) is 0 Å². The van der Waals surface area contributed by atoms with Crippen LogP contribution in [-0.4, -0.2) is 11.2 Å². The molecule has 0 atom stereocenters. The van der Waals surface area contributed by atoms with Crippen molar-refractivity contribution in [3.63, 3.8) is 0 Å². The molecule has 0 radical (unpaired) electrons. The fourth-order valence-electron chi connectivity index (χ4n) is 0.144. The van der Waals surface area contributed by atoms with Gasteiger partial charge in [0.05, 0.1) is 0 Å². The van der Waals surface area contributed by atoms with Gasteiger partial charge in [0.1, 0.15) is 11.2 Å². The predicted octanol–water partition coefficient (Wildman–Crippen LogP) is 1.76. The van der Waals surface area contributed by atoms with Crippen molar-refractivity contribution in [1.82, 2.24) is 0 Å². The predicted molar refractivity (Wildman–Crippen MR) is 34.5 cm³/mol. The van der Waals surface area contributed by atoms with Crippen molar-refractivity contribution in [2.24, 2.45) is 0 Å². The maximum atomic E-state index is 4.92. The van der Waals surface area contributed by atoms with Crippen LogP contribution in [-0.2, 0) is 4.74 Å². The first-order valence-corrected chi connectivity index (χ1v) is 2.65. The van der Waals surface area contributed by atoms with Gasteiger partial charge in [0.15, 0.2) is 0 Å². The van der Waals surface area contributed by atoms with Crippen molar-refractivity contribution in [1.29, 1.82) is 0 Å². The van der Waals surface area contributed by atoms with Crippen LogP contribution in [0.1, 0.15) is 20.8 Å². The Morgan fingerprint density at radius 3 is 1.86 bits per heavy atom. The fourth-order valence-corrected chi connectivity index (χ4v) is 0.433. The first kappa shape index (κ1) is 6.89. The van der Waals surface area contributed by atoms with Crippen LogP contribution in [0.15, 0.2) is 0 Å². The first-order chi connectivity index (χ1) is 3.06. The van der Waals surface area contributed by atoms with E-state index in [0.717, 1.165) is 0 Å². The Balaban J connectivity index is 3.34. The second kappa shape index (κ2) is 2.26. The molecule has 0 bridgehead atoms. The highest BCUT2D eigenvalue weighted by atomic mass is 32.1. The first-order valence-electron chi connectivity index (χ1n) is 2.18. The molecule has 0 aliphatic rings. The lowest BCUT2D eigenvalue weighted by atomic mass is 10.2. The molecule has 2 heteroatoms. The summed E-state index contributed by atoms with van der Waals surface area (Å²) < 4.78 is 4.92. The normalized spacial score (nSPS) is 10.7. The summed E-state index contributed by atoms with van der Waals surface area (Å²) in [4.78, 5) is 0. The van der Waals surface area contributed by atoms with Gasteiger partial charge >= 0.3 is 0 Å². The van der Waals surface area contributed by atoms with Gasteiger partial charge in [-0.25, -0.2) is 0 Å². The number of thiocarbonyl (C=S) groups is 1. The maximum absolute atomic E-state index is 4.92. The molecule has 0 saturated carbocycles. The Morgan fingerprint density at radius 1 is 1.43 bits per heavy atom. The summed E-state index contributed by atoms with van der Waals surface area (Å²) in [7, 11) is 0. The summed E-state index contributed by atoms with van der Waals surface area (Å²) in [6.07, 6.45) is 0.